The number of nitrogens with zero attached hydrogens (tertiary/aromatic N) is 4. The second-order valence-corrected chi connectivity index (χ2v) is 6.06. The summed E-state index contributed by atoms with van der Waals surface area (Å²) in [5.74, 6) is 0.0514. The largest absolute Gasteiger partial charge is 0.394 e. The first kappa shape index (κ1) is 17.8. The fourth-order valence-electron chi connectivity index (χ4n) is 2.53. The number of anilines is 1. The Morgan fingerprint density at radius 2 is 2.35 bits per heavy atom. The van der Waals surface area contributed by atoms with Gasteiger partial charge < -0.3 is 10.4 Å². The topological polar surface area (TPSA) is 123 Å². The number of aliphatic hydroxyl groups excluding tert-OH is 1. The van der Waals surface area contributed by atoms with E-state index in [0.717, 1.165) is 0 Å². The van der Waals surface area contributed by atoms with Gasteiger partial charge in [0.05, 0.1) is 30.0 Å². The quantitative estimate of drug-likeness (QED) is 0.700. The molecule has 26 heavy (non-hydrogen) atoms. The molecule has 2 amide bonds. The van der Waals surface area contributed by atoms with Gasteiger partial charge in [-0.25, -0.2) is 9.78 Å². The number of allylic oxidation sites excluding steroid dienone is 2. The lowest BCUT2D eigenvalue weighted by atomic mass is 9.94. The normalized spacial score (nSPS) is 21.2. The lowest BCUT2D eigenvalue weighted by Crippen LogP contribution is -2.43. The molecule has 132 valence electrons. The molecular weight excluding hydrogens is 356 g/mol. The van der Waals surface area contributed by atoms with Crippen LogP contribution in [0.1, 0.15) is 12.5 Å². The number of aliphatic hydroxyl groups is 1. The Hall–Kier alpha value is -3.02. The van der Waals surface area contributed by atoms with Crippen LogP contribution in [-0.2, 0) is 0 Å². The van der Waals surface area contributed by atoms with Gasteiger partial charge in [-0.2, -0.15) is 10.3 Å². The van der Waals surface area contributed by atoms with Crippen LogP contribution in [0.15, 0.2) is 46.2 Å². The zero-order valence-electron chi connectivity index (χ0n) is 13.8. The number of nitrogens with one attached hydrogen (secondary N) is 2. The Morgan fingerprint density at radius 3 is 3.08 bits per heavy atom. The van der Waals surface area contributed by atoms with Crippen LogP contribution in [-0.4, -0.2) is 40.3 Å². The standard InChI is InChI=1S/C17H15ClN6O2/c1-9(8-25)21-16-11-6-10(2-3-13(11)23-17(26)24-16)22-14-4-5-20-15(18)12(14)7-19/h2-6,9,11,25H,8H2,1H3,(H,20,22)(H,21,24,26). The van der Waals surface area contributed by atoms with Gasteiger partial charge in [-0.15, -0.1) is 0 Å². The van der Waals surface area contributed by atoms with Crippen molar-refractivity contribution in [3.8, 4) is 6.07 Å². The second kappa shape index (κ2) is 7.47. The van der Waals surface area contributed by atoms with Crippen molar-refractivity contribution < 1.29 is 9.90 Å². The molecule has 1 aromatic heterocycles. The lowest BCUT2D eigenvalue weighted by Gasteiger charge is -2.25. The highest BCUT2D eigenvalue weighted by atomic mass is 35.5. The Kier molecular flexibility index (Phi) is 5.11. The Morgan fingerprint density at radius 1 is 1.54 bits per heavy atom. The fourth-order valence-corrected chi connectivity index (χ4v) is 2.73. The number of aromatic nitrogens is 1. The molecule has 0 aromatic carbocycles. The van der Waals surface area contributed by atoms with Crippen LogP contribution >= 0.6 is 11.6 Å². The van der Waals surface area contributed by atoms with Crippen LogP contribution in [0, 0.1) is 17.2 Å². The van der Waals surface area contributed by atoms with E-state index >= 15 is 0 Å². The Balaban J connectivity index is 1.93. The van der Waals surface area contributed by atoms with Crippen molar-refractivity contribution in [1.29, 1.82) is 5.26 Å². The SMILES string of the molecule is CC(CO)N=C1NC(=O)N=C2C=CC(Nc3ccnc(Cl)c3C#N)=CC21. The number of carbonyl (C=O) groups is 1. The summed E-state index contributed by atoms with van der Waals surface area (Å²) >= 11 is 5.95. The molecule has 0 spiro atoms. The molecule has 2 aliphatic rings. The monoisotopic (exact) mass is 370 g/mol. The first-order valence-corrected chi connectivity index (χ1v) is 8.19. The molecule has 2 unspecified atom stereocenters. The van der Waals surface area contributed by atoms with Crippen LogP contribution in [0.25, 0.3) is 0 Å². The molecule has 2 atom stereocenters. The molecule has 0 bridgehead atoms. The molecule has 1 aromatic rings. The molecule has 2 heterocycles. The van der Waals surface area contributed by atoms with Gasteiger partial charge in [-0.05, 0) is 31.2 Å². The zero-order chi connectivity index (χ0) is 18.7. The maximum atomic E-state index is 11.7. The Bertz CT molecular complexity index is 912. The van der Waals surface area contributed by atoms with E-state index < -0.39 is 6.03 Å². The minimum absolute atomic E-state index is 0.115. The van der Waals surface area contributed by atoms with Crippen LogP contribution in [0.2, 0.25) is 5.15 Å². The minimum atomic E-state index is -0.498. The van der Waals surface area contributed by atoms with Gasteiger partial charge >= 0.3 is 6.03 Å². The third-order valence-electron chi connectivity index (χ3n) is 3.78. The lowest BCUT2D eigenvalue weighted by molar-refractivity contribution is 0.252. The smallest absolute Gasteiger partial charge is 0.346 e. The number of hydrogen-bond acceptors (Lipinski definition) is 6. The highest BCUT2D eigenvalue weighted by Gasteiger charge is 2.29. The van der Waals surface area contributed by atoms with E-state index in [2.05, 4.69) is 25.6 Å². The summed E-state index contributed by atoms with van der Waals surface area (Å²) in [6.45, 7) is 1.61. The summed E-state index contributed by atoms with van der Waals surface area (Å²) < 4.78 is 0. The van der Waals surface area contributed by atoms with Crippen LogP contribution in [0.4, 0.5) is 10.5 Å². The van der Waals surface area contributed by atoms with Gasteiger partial charge in [0.2, 0.25) is 0 Å². The number of urea groups is 1. The maximum absolute atomic E-state index is 11.7. The molecule has 0 saturated heterocycles. The van der Waals surface area contributed by atoms with Crippen LogP contribution in [0.3, 0.4) is 0 Å². The first-order chi connectivity index (χ1) is 12.5. The van der Waals surface area contributed by atoms with Gasteiger partial charge in [0, 0.05) is 11.9 Å². The van der Waals surface area contributed by atoms with E-state index in [-0.39, 0.29) is 29.3 Å². The number of amides is 2. The summed E-state index contributed by atoms with van der Waals surface area (Å²) in [5, 5.41) is 24.3. The molecular formula is C17H15ClN6O2. The van der Waals surface area contributed by atoms with Crippen LogP contribution < -0.4 is 10.6 Å². The van der Waals surface area contributed by atoms with Crippen molar-refractivity contribution in [2.24, 2.45) is 15.9 Å². The van der Waals surface area contributed by atoms with Gasteiger partial charge in [0.25, 0.3) is 0 Å². The van der Waals surface area contributed by atoms with Crippen molar-refractivity contribution >= 4 is 34.9 Å². The van der Waals surface area contributed by atoms with Gasteiger partial charge in [0.15, 0.2) is 0 Å². The van der Waals surface area contributed by atoms with Crippen molar-refractivity contribution in [2.45, 2.75) is 13.0 Å². The van der Waals surface area contributed by atoms with Gasteiger partial charge in [-0.1, -0.05) is 11.6 Å². The van der Waals surface area contributed by atoms with Crippen molar-refractivity contribution in [1.82, 2.24) is 10.3 Å². The van der Waals surface area contributed by atoms with E-state index in [1.54, 1.807) is 25.1 Å². The van der Waals surface area contributed by atoms with E-state index in [1.807, 2.05) is 12.1 Å². The second-order valence-electron chi connectivity index (χ2n) is 5.71. The predicted octanol–water partition coefficient (Wildman–Crippen LogP) is 2.03. The molecule has 1 aliphatic heterocycles. The predicted molar refractivity (Wildman–Crippen MR) is 98.2 cm³/mol. The first-order valence-electron chi connectivity index (χ1n) is 7.81. The number of amidine groups is 1. The molecule has 3 rings (SSSR count). The van der Waals surface area contributed by atoms with Crippen molar-refractivity contribution in [3.63, 3.8) is 0 Å². The number of rotatable bonds is 4. The number of hydrogen-bond donors (Lipinski definition) is 3. The van der Waals surface area contributed by atoms with Crippen LogP contribution in [0.5, 0.6) is 0 Å². The molecule has 0 fully saturated rings. The number of halogens is 1. The number of fused-ring (bicyclic) bond motifs is 1. The summed E-state index contributed by atoms with van der Waals surface area (Å²) in [6, 6.07) is 2.81. The highest BCUT2D eigenvalue weighted by Crippen LogP contribution is 2.25. The number of pyridine rings is 1. The summed E-state index contributed by atoms with van der Waals surface area (Å²) in [5.41, 5.74) is 2.00. The van der Waals surface area contributed by atoms with E-state index in [9.17, 15) is 15.2 Å². The zero-order valence-corrected chi connectivity index (χ0v) is 14.5. The summed E-state index contributed by atoms with van der Waals surface area (Å²) in [7, 11) is 0. The van der Waals surface area contributed by atoms with Crippen molar-refractivity contribution in [3.05, 3.63) is 46.9 Å². The van der Waals surface area contributed by atoms with E-state index in [1.165, 1.54) is 6.20 Å². The summed E-state index contributed by atoms with van der Waals surface area (Å²) in [6.07, 6.45) is 6.79. The summed E-state index contributed by atoms with van der Waals surface area (Å²) in [4.78, 5) is 23.9. The number of carbonyl (C=O) groups excluding carboxylic acids is 1. The molecule has 0 radical (unpaired) electrons. The van der Waals surface area contributed by atoms with Gasteiger partial charge in [-0.3, -0.25) is 10.3 Å². The molecule has 8 nitrogen and oxygen atoms in total. The molecule has 0 saturated carbocycles. The molecule has 3 N–H and O–H groups in total. The fraction of sp³-hybridized carbons (Fsp3) is 0.235. The average Bonchev–Trinajstić information content (AvgIpc) is 2.62. The number of aliphatic imine (C=N–C) groups is 2. The van der Waals surface area contributed by atoms with Gasteiger partial charge in [0.1, 0.15) is 22.6 Å². The average molecular weight is 371 g/mol. The Labute approximate surface area is 154 Å². The van der Waals surface area contributed by atoms with Crippen molar-refractivity contribution in [2.75, 3.05) is 11.9 Å². The van der Waals surface area contributed by atoms with E-state index in [0.29, 0.717) is 22.9 Å². The minimum Gasteiger partial charge on any atom is -0.394 e. The highest BCUT2D eigenvalue weighted by molar-refractivity contribution is 6.31. The number of nitriles is 1. The maximum Gasteiger partial charge on any atom is 0.346 e. The molecule has 1 aliphatic carbocycles. The third-order valence-corrected chi connectivity index (χ3v) is 4.06. The third kappa shape index (κ3) is 3.64. The molecule has 9 heteroatoms. The van der Waals surface area contributed by atoms with E-state index in [4.69, 9.17) is 11.6 Å².